The molecule has 0 saturated carbocycles. The first-order valence-corrected chi connectivity index (χ1v) is 5.09. The smallest absolute Gasteiger partial charge is 0.0471 e. The van der Waals surface area contributed by atoms with E-state index in [-0.39, 0.29) is 0 Å². The number of aliphatic hydroxyl groups is 1. The quantitative estimate of drug-likeness (QED) is 0.670. The molecular weight excluding hydrogens is 162 g/mol. The van der Waals surface area contributed by atoms with Crippen molar-refractivity contribution in [1.82, 2.24) is 4.90 Å². The van der Waals surface area contributed by atoms with Gasteiger partial charge in [-0.05, 0) is 25.2 Å². The van der Waals surface area contributed by atoms with Gasteiger partial charge in [-0.25, -0.2) is 0 Å². The molecule has 1 N–H and O–H groups in total. The molecule has 76 valence electrons. The van der Waals surface area contributed by atoms with Crippen LogP contribution in [0.5, 0.6) is 0 Å². The highest BCUT2D eigenvalue weighted by Crippen LogP contribution is 2.21. The van der Waals surface area contributed by atoms with Crippen LogP contribution in [0.3, 0.4) is 0 Å². The predicted octanol–water partition coefficient (Wildman–Crippen LogP) is 1.51. The van der Waals surface area contributed by atoms with Crippen LogP contribution in [0.25, 0.3) is 0 Å². The summed E-state index contributed by atoms with van der Waals surface area (Å²) in [5, 5.41) is 9.11. The Morgan fingerprint density at radius 1 is 1.54 bits per heavy atom. The van der Waals surface area contributed by atoms with Gasteiger partial charge in [-0.2, -0.15) is 0 Å². The number of hydrogen-bond acceptors (Lipinski definition) is 2. The monoisotopic (exact) mass is 183 g/mol. The van der Waals surface area contributed by atoms with Crippen molar-refractivity contribution in [3.8, 4) is 0 Å². The largest absolute Gasteiger partial charge is 0.396 e. The lowest BCUT2D eigenvalue weighted by atomic mass is 9.91. The van der Waals surface area contributed by atoms with E-state index in [2.05, 4.69) is 25.3 Å². The van der Waals surface area contributed by atoms with Gasteiger partial charge in [0.15, 0.2) is 0 Å². The van der Waals surface area contributed by atoms with Crippen molar-refractivity contribution in [2.24, 2.45) is 11.8 Å². The van der Waals surface area contributed by atoms with Crippen LogP contribution in [-0.4, -0.2) is 36.2 Å². The molecule has 1 aliphatic heterocycles. The van der Waals surface area contributed by atoms with Crippen molar-refractivity contribution < 1.29 is 5.11 Å². The van der Waals surface area contributed by atoms with Crippen LogP contribution in [0, 0.1) is 11.8 Å². The Morgan fingerprint density at radius 2 is 2.23 bits per heavy atom. The molecule has 1 heterocycles. The van der Waals surface area contributed by atoms with Crippen molar-refractivity contribution in [3.05, 3.63) is 12.2 Å². The summed E-state index contributed by atoms with van der Waals surface area (Å²) in [6.45, 7) is 11.7. The molecule has 2 heteroatoms. The average Bonchev–Trinajstić information content (AvgIpc) is 2.01. The Kier molecular flexibility index (Phi) is 3.94. The molecule has 1 saturated heterocycles. The first-order valence-electron chi connectivity index (χ1n) is 5.09. The fraction of sp³-hybridized carbons (Fsp3) is 0.818. The Hall–Kier alpha value is -0.340. The van der Waals surface area contributed by atoms with E-state index in [1.165, 1.54) is 12.0 Å². The fourth-order valence-electron chi connectivity index (χ4n) is 2.24. The molecule has 0 aromatic heterocycles. The molecule has 2 unspecified atom stereocenters. The summed E-state index contributed by atoms with van der Waals surface area (Å²) in [5.74, 6) is 1.19. The van der Waals surface area contributed by atoms with E-state index in [4.69, 9.17) is 5.11 Å². The second-order valence-electron chi connectivity index (χ2n) is 4.54. The minimum absolute atomic E-state index is 0.330. The maximum absolute atomic E-state index is 9.11. The highest BCUT2D eigenvalue weighted by molar-refractivity contribution is 4.93. The van der Waals surface area contributed by atoms with Gasteiger partial charge in [0.2, 0.25) is 0 Å². The lowest BCUT2D eigenvalue weighted by molar-refractivity contribution is 0.0969. The molecule has 2 nitrogen and oxygen atoms in total. The van der Waals surface area contributed by atoms with Gasteiger partial charge in [0.1, 0.15) is 0 Å². The van der Waals surface area contributed by atoms with Crippen LogP contribution in [0.1, 0.15) is 20.3 Å². The van der Waals surface area contributed by atoms with Crippen molar-refractivity contribution in [3.63, 3.8) is 0 Å². The lowest BCUT2D eigenvalue weighted by Gasteiger charge is -2.35. The number of likely N-dealkylation sites (tertiary alicyclic amines) is 1. The summed E-state index contributed by atoms with van der Waals surface area (Å²) < 4.78 is 0. The maximum Gasteiger partial charge on any atom is 0.0471 e. The number of rotatable bonds is 3. The molecule has 1 rings (SSSR count). The van der Waals surface area contributed by atoms with Gasteiger partial charge in [0, 0.05) is 26.2 Å². The van der Waals surface area contributed by atoms with Crippen LogP contribution in [-0.2, 0) is 0 Å². The SMILES string of the molecule is C=C(C)CN1CC(C)CC(CO)C1. The normalized spacial score (nSPS) is 30.4. The molecule has 2 atom stereocenters. The molecule has 0 aliphatic carbocycles. The Bertz CT molecular complexity index is 179. The van der Waals surface area contributed by atoms with Crippen LogP contribution in [0.4, 0.5) is 0 Å². The van der Waals surface area contributed by atoms with Crippen molar-refractivity contribution >= 4 is 0 Å². The summed E-state index contributed by atoms with van der Waals surface area (Å²) >= 11 is 0. The molecule has 1 fully saturated rings. The maximum atomic E-state index is 9.11. The van der Waals surface area contributed by atoms with Crippen molar-refractivity contribution in [2.45, 2.75) is 20.3 Å². The standard InChI is InChI=1S/C11H21NO/c1-9(2)5-12-6-10(3)4-11(7-12)8-13/h10-11,13H,1,4-8H2,2-3H3. The fourth-order valence-corrected chi connectivity index (χ4v) is 2.24. The van der Waals surface area contributed by atoms with Gasteiger partial charge < -0.3 is 5.11 Å². The summed E-state index contributed by atoms with van der Waals surface area (Å²) in [6.07, 6.45) is 1.17. The van der Waals surface area contributed by atoms with E-state index >= 15 is 0 Å². The van der Waals surface area contributed by atoms with Gasteiger partial charge in [0.05, 0.1) is 0 Å². The molecule has 0 aromatic carbocycles. The summed E-state index contributed by atoms with van der Waals surface area (Å²) in [4.78, 5) is 2.40. The number of aliphatic hydroxyl groups excluding tert-OH is 1. The number of nitrogens with zero attached hydrogens (tertiary/aromatic N) is 1. The lowest BCUT2D eigenvalue weighted by Crippen LogP contribution is -2.41. The van der Waals surface area contributed by atoms with Gasteiger partial charge >= 0.3 is 0 Å². The third-order valence-electron chi connectivity index (χ3n) is 2.57. The first kappa shape index (κ1) is 10.7. The molecule has 13 heavy (non-hydrogen) atoms. The molecule has 0 amide bonds. The Morgan fingerprint density at radius 3 is 2.77 bits per heavy atom. The number of hydrogen-bond donors (Lipinski definition) is 1. The van der Waals surface area contributed by atoms with E-state index in [0.717, 1.165) is 19.6 Å². The predicted molar refractivity (Wildman–Crippen MR) is 55.6 cm³/mol. The first-order chi connectivity index (χ1) is 6.11. The highest BCUT2D eigenvalue weighted by Gasteiger charge is 2.23. The Labute approximate surface area is 81.2 Å². The van der Waals surface area contributed by atoms with Crippen LogP contribution >= 0.6 is 0 Å². The molecule has 0 aromatic rings. The van der Waals surface area contributed by atoms with Crippen LogP contribution in [0.2, 0.25) is 0 Å². The van der Waals surface area contributed by atoms with Gasteiger partial charge in [-0.15, -0.1) is 0 Å². The molecule has 0 bridgehead atoms. The van der Waals surface area contributed by atoms with E-state index in [9.17, 15) is 0 Å². The van der Waals surface area contributed by atoms with Gasteiger partial charge in [0.25, 0.3) is 0 Å². The third kappa shape index (κ3) is 3.49. The van der Waals surface area contributed by atoms with Crippen molar-refractivity contribution in [1.29, 1.82) is 0 Å². The van der Waals surface area contributed by atoms with Gasteiger partial charge in [-0.1, -0.05) is 19.1 Å². The van der Waals surface area contributed by atoms with Gasteiger partial charge in [-0.3, -0.25) is 4.90 Å². The molecule has 1 aliphatic rings. The second-order valence-corrected chi connectivity index (χ2v) is 4.54. The summed E-state index contributed by atoms with van der Waals surface area (Å²) in [6, 6.07) is 0. The average molecular weight is 183 g/mol. The Balaban J connectivity index is 2.42. The van der Waals surface area contributed by atoms with Crippen molar-refractivity contribution in [2.75, 3.05) is 26.2 Å². The van der Waals surface area contributed by atoms with E-state index < -0.39 is 0 Å². The number of piperidine rings is 1. The topological polar surface area (TPSA) is 23.5 Å². The van der Waals surface area contributed by atoms with E-state index in [1.54, 1.807) is 0 Å². The zero-order chi connectivity index (χ0) is 9.84. The van der Waals surface area contributed by atoms with E-state index in [1.807, 2.05) is 0 Å². The minimum atomic E-state index is 0.330. The van der Waals surface area contributed by atoms with E-state index in [0.29, 0.717) is 18.4 Å². The summed E-state index contributed by atoms with van der Waals surface area (Å²) in [5.41, 5.74) is 1.21. The second kappa shape index (κ2) is 4.77. The molecular formula is C11H21NO. The minimum Gasteiger partial charge on any atom is -0.396 e. The molecule has 0 spiro atoms. The zero-order valence-corrected chi connectivity index (χ0v) is 8.79. The third-order valence-corrected chi connectivity index (χ3v) is 2.57. The van der Waals surface area contributed by atoms with Crippen LogP contribution in [0.15, 0.2) is 12.2 Å². The zero-order valence-electron chi connectivity index (χ0n) is 8.79. The van der Waals surface area contributed by atoms with Crippen LogP contribution < -0.4 is 0 Å². The molecule has 0 radical (unpaired) electrons. The summed E-state index contributed by atoms with van der Waals surface area (Å²) in [7, 11) is 0. The highest BCUT2D eigenvalue weighted by atomic mass is 16.3.